The number of fused-ring (bicyclic) bond motifs is 1. The molecule has 0 spiro atoms. The summed E-state index contributed by atoms with van der Waals surface area (Å²) in [5.41, 5.74) is 12.2. The van der Waals surface area contributed by atoms with Crippen LogP contribution in [-0.4, -0.2) is 45.9 Å². The van der Waals surface area contributed by atoms with Crippen molar-refractivity contribution >= 4 is 34.4 Å². The van der Waals surface area contributed by atoms with Gasteiger partial charge in [-0.3, -0.25) is 9.36 Å². The Kier molecular flexibility index (Phi) is 6.53. The van der Waals surface area contributed by atoms with Gasteiger partial charge in [0.1, 0.15) is 0 Å². The normalized spacial score (nSPS) is 18.1. The molecule has 2 atom stereocenters. The second kappa shape index (κ2) is 9.41. The van der Waals surface area contributed by atoms with Crippen LogP contribution < -0.4 is 16.8 Å². The highest BCUT2D eigenvalue weighted by atomic mass is 19.4. The van der Waals surface area contributed by atoms with E-state index in [0.717, 1.165) is 12.1 Å². The highest BCUT2D eigenvalue weighted by molar-refractivity contribution is 6.05. The van der Waals surface area contributed by atoms with Gasteiger partial charge in [-0.15, -0.1) is 0 Å². The lowest BCUT2D eigenvalue weighted by molar-refractivity contribution is -0.137. The number of primary amides is 1. The molecule has 5 N–H and O–H groups in total. The Morgan fingerprint density at radius 2 is 1.74 bits per heavy atom. The standard InChI is InChI=1S/C24H24F3N5O3/c25-24(26,27)15-8-5-14(6-9-15)7-10-21(33)20-11-16(28)12-32(20)23(35)30-18-13-31(22(29)34)19-4-2-1-3-17(18)19/h1-6,8-9,13,16,20H,7,10-12,28H2,(H2,29,34)(H,30,35)/t16-,20-/m0/s1. The molecule has 2 aromatic carbocycles. The molecule has 0 bridgehead atoms. The molecular weight excluding hydrogens is 463 g/mol. The van der Waals surface area contributed by atoms with E-state index in [9.17, 15) is 27.6 Å². The third kappa shape index (κ3) is 5.14. The molecule has 1 aromatic heterocycles. The van der Waals surface area contributed by atoms with Gasteiger partial charge >= 0.3 is 18.2 Å². The van der Waals surface area contributed by atoms with Crippen molar-refractivity contribution in [3.8, 4) is 0 Å². The number of likely N-dealkylation sites (tertiary alicyclic amines) is 1. The highest BCUT2D eigenvalue weighted by Crippen LogP contribution is 2.30. The lowest BCUT2D eigenvalue weighted by Gasteiger charge is -2.23. The molecule has 184 valence electrons. The average molecular weight is 487 g/mol. The number of aryl methyl sites for hydroxylation is 1. The Balaban J connectivity index is 1.45. The van der Waals surface area contributed by atoms with Gasteiger partial charge in [0.25, 0.3) is 0 Å². The summed E-state index contributed by atoms with van der Waals surface area (Å²) >= 11 is 0. The number of carbonyl (C=O) groups is 3. The van der Waals surface area contributed by atoms with Crippen LogP contribution in [0.1, 0.15) is 24.0 Å². The molecule has 4 rings (SSSR count). The van der Waals surface area contributed by atoms with E-state index in [2.05, 4.69) is 5.32 Å². The van der Waals surface area contributed by atoms with Crippen LogP contribution in [0.4, 0.5) is 28.4 Å². The maximum absolute atomic E-state index is 13.1. The highest BCUT2D eigenvalue weighted by Gasteiger charge is 2.38. The second-order valence-corrected chi connectivity index (χ2v) is 8.52. The Hall–Kier alpha value is -3.86. The molecular formula is C24H24F3N5O3. The van der Waals surface area contributed by atoms with Gasteiger partial charge in [-0.1, -0.05) is 30.3 Å². The van der Waals surface area contributed by atoms with E-state index in [-0.39, 0.29) is 31.6 Å². The number of nitrogens with two attached hydrogens (primary N) is 2. The molecule has 0 unspecified atom stereocenters. The topological polar surface area (TPSA) is 123 Å². The SMILES string of the molecule is NC(=O)n1cc(NC(=O)N2C[C@@H](N)C[C@H]2C(=O)CCc2ccc(C(F)(F)F)cc2)c2ccccc21. The summed E-state index contributed by atoms with van der Waals surface area (Å²) in [5, 5.41) is 3.35. The van der Waals surface area contributed by atoms with E-state index in [0.29, 0.717) is 22.2 Å². The number of aromatic nitrogens is 1. The number of alkyl halides is 3. The molecule has 2 heterocycles. The van der Waals surface area contributed by atoms with Crippen molar-refractivity contribution in [3.05, 3.63) is 65.9 Å². The van der Waals surface area contributed by atoms with Gasteiger partial charge in [-0.2, -0.15) is 13.2 Å². The Morgan fingerprint density at radius 1 is 1.06 bits per heavy atom. The monoisotopic (exact) mass is 487 g/mol. The van der Waals surface area contributed by atoms with E-state index in [1.807, 2.05) is 0 Å². The number of nitrogens with one attached hydrogen (secondary N) is 1. The van der Waals surface area contributed by atoms with Crippen LogP contribution >= 0.6 is 0 Å². The minimum Gasteiger partial charge on any atom is -0.351 e. The summed E-state index contributed by atoms with van der Waals surface area (Å²) in [7, 11) is 0. The summed E-state index contributed by atoms with van der Waals surface area (Å²) in [6.45, 7) is 0.164. The van der Waals surface area contributed by atoms with Gasteiger partial charge in [-0.25, -0.2) is 9.59 Å². The fourth-order valence-corrected chi connectivity index (χ4v) is 4.34. The molecule has 1 fully saturated rings. The van der Waals surface area contributed by atoms with E-state index < -0.39 is 35.9 Å². The van der Waals surface area contributed by atoms with Crippen molar-refractivity contribution in [2.75, 3.05) is 11.9 Å². The summed E-state index contributed by atoms with van der Waals surface area (Å²) in [6.07, 6.45) is -2.44. The fourth-order valence-electron chi connectivity index (χ4n) is 4.34. The molecule has 0 radical (unpaired) electrons. The number of hydrogen-bond acceptors (Lipinski definition) is 4. The van der Waals surface area contributed by atoms with Gasteiger partial charge in [0.05, 0.1) is 22.8 Å². The van der Waals surface area contributed by atoms with Crippen LogP contribution in [0.3, 0.4) is 0 Å². The van der Waals surface area contributed by atoms with Crippen molar-refractivity contribution in [2.24, 2.45) is 11.5 Å². The van der Waals surface area contributed by atoms with E-state index >= 15 is 0 Å². The van der Waals surface area contributed by atoms with Crippen molar-refractivity contribution in [1.29, 1.82) is 0 Å². The molecule has 0 saturated carbocycles. The summed E-state index contributed by atoms with van der Waals surface area (Å²) in [5.74, 6) is -0.229. The molecule has 1 aliphatic heterocycles. The third-order valence-corrected chi connectivity index (χ3v) is 6.10. The zero-order chi connectivity index (χ0) is 25.3. The van der Waals surface area contributed by atoms with Crippen molar-refractivity contribution in [3.63, 3.8) is 0 Å². The predicted octanol–water partition coefficient (Wildman–Crippen LogP) is 3.72. The van der Waals surface area contributed by atoms with Crippen LogP contribution in [0.2, 0.25) is 0 Å². The first-order valence-electron chi connectivity index (χ1n) is 11.0. The number of Topliss-reactive ketones (excluding diaryl/α,β-unsaturated/α-hetero) is 1. The molecule has 35 heavy (non-hydrogen) atoms. The Labute approximate surface area is 198 Å². The number of anilines is 1. The summed E-state index contributed by atoms with van der Waals surface area (Å²) in [6, 6.07) is 9.14. The van der Waals surface area contributed by atoms with Crippen LogP contribution in [0, 0.1) is 0 Å². The minimum atomic E-state index is -4.42. The number of hydrogen-bond donors (Lipinski definition) is 3. The van der Waals surface area contributed by atoms with E-state index in [4.69, 9.17) is 11.5 Å². The molecule has 1 aliphatic rings. The molecule has 3 aromatic rings. The first-order chi connectivity index (χ1) is 16.5. The van der Waals surface area contributed by atoms with E-state index in [1.165, 1.54) is 27.8 Å². The maximum atomic E-state index is 13.1. The minimum absolute atomic E-state index is 0.0491. The Morgan fingerprint density at radius 3 is 2.40 bits per heavy atom. The van der Waals surface area contributed by atoms with Crippen LogP contribution in [-0.2, 0) is 17.4 Å². The second-order valence-electron chi connectivity index (χ2n) is 8.52. The number of ketones is 1. The molecule has 11 heteroatoms. The number of rotatable bonds is 5. The first-order valence-corrected chi connectivity index (χ1v) is 11.0. The van der Waals surface area contributed by atoms with Crippen molar-refractivity contribution in [2.45, 2.75) is 37.5 Å². The largest absolute Gasteiger partial charge is 0.416 e. The predicted molar refractivity (Wildman–Crippen MR) is 124 cm³/mol. The van der Waals surface area contributed by atoms with E-state index in [1.54, 1.807) is 24.3 Å². The number of nitrogens with zero attached hydrogens (tertiary/aromatic N) is 2. The van der Waals surface area contributed by atoms with Crippen LogP contribution in [0.25, 0.3) is 10.9 Å². The fraction of sp³-hybridized carbons (Fsp3) is 0.292. The lowest BCUT2D eigenvalue weighted by Crippen LogP contribution is -2.43. The van der Waals surface area contributed by atoms with Gasteiger partial charge in [0.2, 0.25) is 0 Å². The number of benzene rings is 2. The average Bonchev–Trinajstić information content (AvgIpc) is 3.38. The first kappa shape index (κ1) is 24.3. The lowest BCUT2D eigenvalue weighted by atomic mass is 10.0. The number of urea groups is 1. The number of carbonyl (C=O) groups excluding carboxylic acids is 3. The van der Waals surface area contributed by atoms with Crippen molar-refractivity contribution < 1.29 is 27.6 Å². The molecule has 3 amide bonds. The summed E-state index contributed by atoms with van der Waals surface area (Å²) in [4.78, 5) is 39.1. The maximum Gasteiger partial charge on any atom is 0.416 e. The Bertz CT molecular complexity index is 1270. The number of para-hydroxylation sites is 1. The smallest absolute Gasteiger partial charge is 0.351 e. The van der Waals surface area contributed by atoms with Gasteiger partial charge in [-0.05, 0) is 36.6 Å². The van der Waals surface area contributed by atoms with Crippen molar-refractivity contribution in [1.82, 2.24) is 9.47 Å². The zero-order valence-electron chi connectivity index (χ0n) is 18.6. The zero-order valence-corrected chi connectivity index (χ0v) is 18.6. The molecule has 8 nitrogen and oxygen atoms in total. The van der Waals surface area contributed by atoms with Crippen LogP contribution in [0.15, 0.2) is 54.7 Å². The molecule has 1 saturated heterocycles. The quantitative estimate of drug-likeness (QED) is 0.507. The number of amides is 3. The van der Waals surface area contributed by atoms with Gasteiger partial charge < -0.3 is 21.7 Å². The van der Waals surface area contributed by atoms with Gasteiger partial charge in [0, 0.05) is 30.6 Å². The number of halogens is 3. The third-order valence-electron chi connectivity index (χ3n) is 6.10. The summed E-state index contributed by atoms with van der Waals surface area (Å²) < 4.78 is 39.4. The van der Waals surface area contributed by atoms with Gasteiger partial charge in [0.15, 0.2) is 5.78 Å². The molecule has 0 aliphatic carbocycles. The van der Waals surface area contributed by atoms with Crippen LogP contribution in [0.5, 0.6) is 0 Å².